The highest BCUT2D eigenvalue weighted by molar-refractivity contribution is 9.10. The molecule has 0 aliphatic carbocycles. The van der Waals surface area contributed by atoms with Crippen molar-refractivity contribution in [2.45, 2.75) is 61.6 Å². The topological polar surface area (TPSA) is 145 Å². The van der Waals surface area contributed by atoms with Crippen molar-refractivity contribution in [3.8, 4) is 10.7 Å². The van der Waals surface area contributed by atoms with Gasteiger partial charge >= 0.3 is 24.1 Å². The average molecular weight is 749 g/mol. The smallest absolute Gasteiger partial charge is 0.434 e. The molecule has 12 nitrogen and oxygen atoms in total. The minimum Gasteiger partial charge on any atom is -0.463 e. The lowest BCUT2D eigenvalue weighted by Crippen LogP contribution is -2.57. The lowest BCUT2D eigenvalue weighted by Gasteiger charge is -2.44. The third kappa shape index (κ3) is 8.16. The summed E-state index contributed by atoms with van der Waals surface area (Å²) in [6.45, 7) is 3.03. The molecule has 5 unspecified atom stereocenters. The van der Waals surface area contributed by atoms with Crippen molar-refractivity contribution in [2.24, 2.45) is 0 Å². The zero-order valence-electron chi connectivity index (χ0n) is 22.0. The van der Waals surface area contributed by atoms with Gasteiger partial charge in [0, 0.05) is 36.3 Å². The molecule has 0 radical (unpaired) electrons. The van der Waals surface area contributed by atoms with Crippen LogP contribution in [0.15, 0.2) is 27.8 Å². The second-order valence-corrected chi connectivity index (χ2v) is 12.8. The second-order valence-electron chi connectivity index (χ2n) is 8.77. The largest absolute Gasteiger partial charge is 0.463 e. The molecule has 0 spiro atoms. The molecule has 20 heteroatoms. The first-order valence-corrected chi connectivity index (χ1v) is 15.1. The number of carbonyl (C=O) groups is 3. The number of halogens is 6. The lowest BCUT2D eigenvalue weighted by molar-refractivity contribution is -0.212. The molecule has 1 fully saturated rings. The maximum absolute atomic E-state index is 13.3. The normalized spacial score (nSPS) is 22.2. The number of rotatable bonds is 8. The number of hydrogen-bond acceptors (Lipinski definition) is 13. The van der Waals surface area contributed by atoms with Crippen molar-refractivity contribution in [3.63, 3.8) is 0 Å². The van der Waals surface area contributed by atoms with Gasteiger partial charge in [-0.25, -0.2) is 14.6 Å². The lowest BCUT2D eigenvalue weighted by atomic mass is 9.96. The molecule has 1 aliphatic rings. The number of aromatic nitrogens is 5. The van der Waals surface area contributed by atoms with Crippen molar-refractivity contribution in [2.75, 3.05) is 6.61 Å². The maximum atomic E-state index is 13.3. The molecule has 43 heavy (non-hydrogen) atoms. The molecule has 0 amide bonds. The number of thiazole rings is 1. The Balaban J connectivity index is 1.80. The van der Waals surface area contributed by atoms with Gasteiger partial charge in [-0.2, -0.15) is 13.2 Å². The minimum atomic E-state index is -4.71. The van der Waals surface area contributed by atoms with Gasteiger partial charge in [-0.3, -0.25) is 14.4 Å². The molecular formula is C23H19BrCl2F3N5O7S2. The molecule has 0 N–H and O–H groups in total. The van der Waals surface area contributed by atoms with E-state index in [1.54, 1.807) is 0 Å². The van der Waals surface area contributed by atoms with Crippen LogP contribution >= 0.6 is 62.2 Å². The van der Waals surface area contributed by atoms with Crippen LogP contribution < -0.4 is 0 Å². The quantitative estimate of drug-likeness (QED) is 0.216. The summed E-state index contributed by atoms with van der Waals surface area (Å²) in [6.07, 6.45) is -5.99. The number of pyridine rings is 1. The van der Waals surface area contributed by atoms with Crippen molar-refractivity contribution in [1.29, 1.82) is 0 Å². The fourth-order valence-corrected chi connectivity index (χ4v) is 7.01. The molecule has 3 aromatic heterocycles. The fraction of sp³-hybridized carbons (Fsp3) is 0.435. The van der Waals surface area contributed by atoms with E-state index in [1.807, 2.05) is 0 Å². The van der Waals surface area contributed by atoms with Crippen LogP contribution in [0, 0.1) is 0 Å². The molecule has 3 aromatic rings. The van der Waals surface area contributed by atoms with Crippen molar-refractivity contribution in [3.05, 3.63) is 38.1 Å². The fourth-order valence-electron chi connectivity index (χ4n) is 4.02. The number of nitrogens with zero attached hydrogens (tertiary/aromatic N) is 5. The van der Waals surface area contributed by atoms with Gasteiger partial charge in [0.15, 0.2) is 23.1 Å². The van der Waals surface area contributed by atoms with Crippen LogP contribution in [0.3, 0.4) is 0 Å². The first-order valence-electron chi connectivity index (χ1n) is 11.9. The third-order valence-corrected chi connectivity index (χ3v) is 9.06. The van der Waals surface area contributed by atoms with Gasteiger partial charge in [-0.1, -0.05) is 51.5 Å². The Bertz CT molecular complexity index is 1510. The molecule has 232 valence electrons. The first-order chi connectivity index (χ1) is 20.1. The Morgan fingerprint density at radius 3 is 2.37 bits per heavy atom. The Labute approximate surface area is 267 Å². The molecule has 0 bridgehead atoms. The second kappa shape index (κ2) is 13.6. The summed E-state index contributed by atoms with van der Waals surface area (Å²) < 4.78 is 63.5. The van der Waals surface area contributed by atoms with Gasteiger partial charge in [0.25, 0.3) is 0 Å². The highest BCUT2D eigenvalue weighted by Crippen LogP contribution is 2.43. The zero-order valence-corrected chi connectivity index (χ0v) is 26.7. The van der Waals surface area contributed by atoms with E-state index in [0.717, 1.165) is 50.1 Å². The van der Waals surface area contributed by atoms with E-state index in [2.05, 4.69) is 36.2 Å². The number of carbonyl (C=O) groups excluding carboxylic acids is 3. The van der Waals surface area contributed by atoms with Crippen LogP contribution in [-0.2, 0) is 39.5 Å². The number of alkyl halides is 3. The standard InChI is InChI=1S/C23H19BrCl2F3N5O7S2/c1-8(35)38-7-14-16(39-9(2)36)15(34-6-13(32-33-34)21-31-19(25)20(26)43-21)17(40-10(3)37)22(41-14)42-11-4-12(24)18(30-5-11)23(27,28)29/h4-6,14-17,22H,7H2,1-3H3. The van der Waals surface area contributed by atoms with Crippen LogP contribution in [-0.4, -0.2) is 73.2 Å². The Kier molecular flexibility index (Phi) is 10.6. The third-order valence-electron chi connectivity index (χ3n) is 5.59. The Morgan fingerprint density at radius 1 is 1.14 bits per heavy atom. The summed E-state index contributed by atoms with van der Waals surface area (Å²) in [5, 5.41) is 8.60. The molecule has 0 aromatic carbocycles. The molecule has 4 rings (SSSR count). The maximum Gasteiger partial charge on any atom is 0.434 e. The monoisotopic (exact) mass is 747 g/mol. The Hall–Kier alpha value is -2.51. The molecule has 1 aliphatic heterocycles. The van der Waals surface area contributed by atoms with Crippen LogP contribution in [0.4, 0.5) is 13.2 Å². The van der Waals surface area contributed by atoms with Crippen LogP contribution in [0.2, 0.25) is 9.49 Å². The summed E-state index contributed by atoms with van der Waals surface area (Å²) >= 11 is 16.8. The predicted molar refractivity (Wildman–Crippen MR) is 149 cm³/mol. The SMILES string of the molecule is CC(=O)OCC1OC(Sc2cnc(C(F)(F)F)c(Br)c2)C(OC(C)=O)C(n2cc(-c3nc(Cl)c(Cl)s3)nn2)C1OC(C)=O. The van der Waals surface area contributed by atoms with Gasteiger partial charge in [0.05, 0.1) is 6.20 Å². The summed E-state index contributed by atoms with van der Waals surface area (Å²) in [7, 11) is 0. The number of hydrogen-bond donors (Lipinski definition) is 0. The minimum absolute atomic E-state index is 0.0482. The summed E-state index contributed by atoms with van der Waals surface area (Å²) in [6, 6.07) is 0.0319. The van der Waals surface area contributed by atoms with Crippen molar-refractivity contribution in [1.82, 2.24) is 25.0 Å². The van der Waals surface area contributed by atoms with E-state index in [1.165, 1.54) is 16.9 Å². The van der Waals surface area contributed by atoms with E-state index >= 15 is 0 Å². The van der Waals surface area contributed by atoms with Gasteiger partial charge in [0.2, 0.25) is 0 Å². The summed E-state index contributed by atoms with van der Waals surface area (Å²) in [5.41, 5.74) is -2.08. The summed E-state index contributed by atoms with van der Waals surface area (Å²) in [5.74, 6) is -2.16. The van der Waals surface area contributed by atoms with E-state index in [4.69, 9.17) is 42.1 Å². The van der Waals surface area contributed by atoms with Gasteiger partial charge in [-0.05, 0) is 22.0 Å². The van der Waals surface area contributed by atoms with Gasteiger partial charge in [0.1, 0.15) is 39.2 Å². The molecule has 1 saturated heterocycles. The number of ether oxygens (including phenoxy) is 4. The summed E-state index contributed by atoms with van der Waals surface area (Å²) in [4.78, 5) is 44.0. The molecular weight excluding hydrogens is 730 g/mol. The van der Waals surface area contributed by atoms with Crippen LogP contribution in [0.1, 0.15) is 32.5 Å². The highest BCUT2D eigenvalue weighted by atomic mass is 79.9. The van der Waals surface area contributed by atoms with Gasteiger partial charge in [-0.15, -0.1) is 5.10 Å². The zero-order chi connectivity index (χ0) is 31.6. The Morgan fingerprint density at radius 2 is 1.81 bits per heavy atom. The number of esters is 3. The predicted octanol–water partition coefficient (Wildman–Crippen LogP) is 5.37. The van der Waals surface area contributed by atoms with E-state index < -0.39 is 66.2 Å². The van der Waals surface area contributed by atoms with E-state index in [0.29, 0.717) is 5.01 Å². The molecule has 5 atom stereocenters. The van der Waals surface area contributed by atoms with E-state index in [9.17, 15) is 27.6 Å². The molecule has 4 heterocycles. The van der Waals surface area contributed by atoms with Crippen LogP contribution in [0.5, 0.6) is 0 Å². The number of thioether (sulfide) groups is 1. The van der Waals surface area contributed by atoms with Gasteiger partial charge < -0.3 is 18.9 Å². The van der Waals surface area contributed by atoms with Crippen molar-refractivity contribution < 1.29 is 46.5 Å². The highest BCUT2D eigenvalue weighted by Gasteiger charge is 2.52. The first kappa shape index (κ1) is 33.4. The molecule has 0 saturated carbocycles. The van der Waals surface area contributed by atoms with Crippen LogP contribution in [0.25, 0.3) is 10.7 Å². The van der Waals surface area contributed by atoms with E-state index in [-0.39, 0.29) is 24.6 Å². The average Bonchev–Trinajstić information content (AvgIpc) is 3.50. The van der Waals surface area contributed by atoms with Crippen molar-refractivity contribution >= 4 is 80.1 Å².